The number of hydrogen-bond donors (Lipinski definition) is 3. The number of aliphatic hydroxyl groups excluding tert-OH is 2. The average molecular weight is 599 g/mol. The van der Waals surface area contributed by atoms with E-state index in [0.29, 0.717) is 23.2 Å². The molecule has 7 atom stereocenters. The fourth-order valence-corrected chi connectivity index (χ4v) is 7.93. The van der Waals surface area contributed by atoms with Gasteiger partial charge in [-0.05, 0) is 78.8 Å². The van der Waals surface area contributed by atoms with Crippen molar-refractivity contribution in [2.45, 2.75) is 63.5 Å². The molecular formula is C33H37F3N2O5. The van der Waals surface area contributed by atoms with Gasteiger partial charge in [-0.1, -0.05) is 32.0 Å². The number of para-hydroxylation sites is 1. The number of halogens is 3. The van der Waals surface area contributed by atoms with E-state index in [1.54, 1.807) is 18.2 Å². The number of benzene rings is 2. The van der Waals surface area contributed by atoms with E-state index in [1.807, 2.05) is 12.1 Å². The third-order valence-corrected chi connectivity index (χ3v) is 10.4. The standard InChI is InChI=1S/C33H37F3N2O5/c1-32(2)21-12-9-19(24(32)15-21)17-38(31(42)18-7-10-20(11-8-18)33(34,35)36)25-16-23(30(41)37-13-14-39)27-22-5-3-4-6-26(22)43-29(27)28(25)40/h3-8,10-11,16,19,21,24-25,27-29,39-40H,9,12-15,17H2,1-2H3,(H,37,41)/t19-,21-,24-,25+,27-,28-,29-/m0/s1. The van der Waals surface area contributed by atoms with E-state index in [0.717, 1.165) is 37.0 Å². The minimum absolute atomic E-state index is 0.0253. The molecule has 0 saturated heterocycles. The summed E-state index contributed by atoms with van der Waals surface area (Å²) >= 11 is 0. The number of fused-ring (bicyclic) bond motifs is 5. The van der Waals surface area contributed by atoms with E-state index in [4.69, 9.17) is 4.74 Å². The Morgan fingerprint density at radius 3 is 2.47 bits per heavy atom. The van der Waals surface area contributed by atoms with Crippen LogP contribution in [0.5, 0.6) is 5.75 Å². The molecule has 230 valence electrons. The lowest BCUT2D eigenvalue weighted by Crippen LogP contribution is -2.59. The van der Waals surface area contributed by atoms with Crippen molar-refractivity contribution in [2.24, 2.45) is 23.2 Å². The summed E-state index contributed by atoms with van der Waals surface area (Å²) in [5, 5.41) is 23.9. The monoisotopic (exact) mass is 598 g/mol. The van der Waals surface area contributed by atoms with Gasteiger partial charge in [-0.2, -0.15) is 13.2 Å². The van der Waals surface area contributed by atoms with E-state index in [-0.39, 0.29) is 36.6 Å². The molecular weight excluding hydrogens is 561 g/mol. The Balaban J connectivity index is 1.40. The molecule has 5 aliphatic rings. The molecule has 3 saturated carbocycles. The van der Waals surface area contributed by atoms with Crippen LogP contribution in [0.4, 0.5) is 13.2 Å². The zero-order valence-electron chi connectivity index (χ0n) is 24.2. The molecule has 0 radical (unpaired) electrons. The lowest BCUT2D eigenvalue weighted by Gasteiger charge is -2.61. The van der Waals surface area contributed by atoms with E-state index >= 15 is 0 Å². The summed E-state index contributed by atoms with van der Waals surface area (Å²) < 4.78 is 46.1. The molecule has 7 nitrogen and oxygen atoms in total. The van der Waals surface area contributed by atoms with Gasteiger partial charge in [-0.25, -0.2) is 0 Å². The van der Waals surface area contributed by atoms with E-state index in [2.05, 4.69) is 19.2 Å². The molecule has 3 N–H and O–H groups in total. The summed E-state index contributed by atoms with van der Waals surface area (Å²) in [6.07, 6.45) is -2.02. The van der Waals surface area contributed by atoms with Crippen LogP contribution in [0.2, 0.25) is 0 Å². The average Bonchev–Trinajstić information content (AvgIpc) is 3.39. The summed E-state index contributed by atoms with van der Waals surface area (Å²) in [7, 11) is 0. The third-order valence-electron chi connectivity index (χ3n) is 10.4. The second kappa shape index (κ2) is 11.0. The molecule has 0 spiro atoms. The van der Waals surface area contributed by atoms with Gasteiger partial charge in [0, 0.05) is 29.8 Å². The smallest absolute Gasteiger partial charge is 0.416 e. The first kappa shape index (κ1) is 29.7. The van der Waals surface area contributed by atoms with Crippen LogP contribution in [0.25, 0.3) is 0 Å². The van der Waals surface area contributed by atoms with Gasteiger partial charge in [0.2, 0.25) is 5.91 Å². The Kier molecular flexibility index (Phi) is 7.57. The van der Waals surface area contributed by atoms with Gasteiger partial charge < -0.3 is 25.2 Å². The van der Waals surface area contributed by atoms with Gasteiger partial charge in [0.15, 0.2) is 0 Å². The molecule has 2 bridgehead atoms. The fraction of sp³-hybridized carbons (Fsp3) is 0.515. The maximum absolute atomic E-state index is 14.2. The molecule has 4 aliphatic carbocycles. The van der Waals surface area contributed by atoms with Crippen molar-refractivity contribution in [3.05, 3.63) is 76.9 Å². The van der Waals surface area contributed by atoms with Crippen LogP contribution in [0.1, 0.15) is 60.5 Å². The van der Waals surface area contributed by atoms with Crippen LogP contribution >= 0.6 is 0 Å². The molecule has 7 rings (SSSR count). The number of carbonyl (C=O) groups excluding carboxylic acids is 2. The Bertz CT molecular complexity index is 1420. The summed E-state index contributed by atoms with van der Waals surface area (Å²) in [4.78, 5) is 29.2. The van der Waals surface area contributed by atoms with Crippen molar-refractivity contribution >= 4 is 11.8 Å². The number of alkyl halides is 3. The Morgan fingerprint density at radius 2 is 1.81 bits per heavy atom. The van der Waals surface area contributed by atoms with Crippen molar-refractivity contribution in [1.29, 1.82) is 0 Å². The highest BCUT2D eigenvalue weighted by atomic mass is 19.4. The number of aliphatic hydroxyl groups is 2. The predicted octanol–water partition coefficient (Wildman–Crippen LogP) is 4.54. The quantitative estimate of drug-likeness (QED) is 0.435. The SMILES string of the molecule is CC1(C)[C@H]2CC[C@@H](CN(C(=O)c3ccc(C(F)(F)F)cc3)[C@@H]3C=C(C(=O)NCCO)[C@@H]4c5ccccc5O[C@@H]4[C@H]3O)[C@@H]1C2. The molecule has 1 heterocycles. The van der Waals surface area contributed by atoms with Crippen LogP contribution in [-0.2, 0) is 11.0 Å². The summed E-state index contributed by atoms with van der Waals surface area (Å²) in [5.41, 5.74) is 0.385. The highest BCUT2D eigenvalue weighted by molar-refractivity contribution is 5.97. The normalized spacial score (nSPS) is 30.2. The number of ether oxygens (including phenoxy) is 1. The minimum atomic E-state index is -4.54. The largest absolute Gasteiger partial charge is 0.486 e. The van der Waals surface area contributed by atoms with E-state index < -0.39 is 47.7 Å². The fourth-order valence-electron chi connectivity index (χ4n) is 7.93. The van der Waals surface area contributed by atoms with Crippen molar-refractivity contribution in [2.75, 3.05) is 19.7 Å². The zero-order valence-corrected chi connectivity index (χ0v) is 24.2. The minimum Gasteiger partial charge on any atom is -0.486 e. The van der Waals surface area contributed by atoms with Crippen LogP contribution in [0, 0.1) is 23.2 Å². The number of nitrogens with zero attached hydrogens (tertiary/aromatic N) is 1. The lowest BCUT2D eigenvalue weighted by molar-refractivity contribution is -0.137. The number of nitrogens with one attached hydrogen (secondary N) is 1. The first-order valence-corrected chi connectivity index (χ1v) is 14.9. The molecule has 2 aromatic carbocycles. The maximum Gasteiger partial charge on any atom is 0.416 e. The van der Waals surface area contributed by atoms with E-state index in [9.17, 15) is 33.0 Å². The van der Waals surface area contributed by atoms with Gasteiger partial charge in [0.25, 0.3) is 5.91 Å². The van der Waals surface area contributed by atoms with Crippen LogP contribution in [0.15, 0.2) is 60.2 Å². The van der Waals surface area contributed by atoms with Gasteiger partial charge in [0.1, 0.15) is 18.0 Å². The van der Waals surface area contributed by atoms with Gasteiger partial charge >= 0.3 is 6.18 Å². The first-order chi connectivity index (χ1) is 20.4. The molecule has 3 fully saturated rings. The highest BCUT2D eigenvalue weighted by Crippen LogP contribution is 2.61. The number of hydrogen-bond acceptors (Lipinski definition) is 5. The molecule has 1 aliphatic heterocycles. The highest BCUT2D eigenvalue weighted by Gasteiger charge is 2.56. The third kappa shape index (κ3) is 5.12. The first-order valence-electron chi connectivity index (χ1n) is 14.9. The van der Waals surface area contributed by atoms with Crippen molar-refractivity contribution in [3.63, 3.8) is 0 Å². The summed E-state index contributed by atoms with van der Waals surface area (Å²) in [6, 6.07) is 10.4. The lowest BCUT2D eigenvalue weighted by atomic mass is 9.45. The number of amides is 2. The molecule has 0 aromatic heterocycles. The predicted molar refractivity (Wildman–Crippen MR) is 152 cm³/mol. The molecule has 0 unspecified atom stereocenters. The van der Waals surface area contributed by atoms with Crippen molar-refractivity contribution < 1.29 is 37.7 Å². The zero-order chi connectivity index (χ0) is 30.7. The summed E-state index contributed by atoms with van der Waals surface area (Å²) in [5.74, 6) is 0.108. The number of rotatable bonds is 7. The molecule has 2 aromatic rings. The van der Waals surface area contributed by atoms with Crippen LogP contribution in [0.3, 0.4) is 0 Å². The van der Waals surface area contributed by atoms with Crippen LogP contribution < -0.4 is 10.1 Å². The second-order valence-electron chi connectivity index (χ2n) is 12.9. The van der Waals surface area contributed by atoms with Gasteiger partial charge in [-0.15, -0.1) is 0 Å². The Hall–Kier alpha value is -3.37. The topological polar surface area (TPSA) is 99.1 Å². The molecule has 10 heteroatoms. The van der Waals surface area contributed by atoms with Crippen molar-refractivity contribution in [1.82, 2.24) is 10.2 Å². The number of carbonyl (C=O) groups is 2. The molecule has 43 heavy (non-hydrogen) atoms. The van der Waals surface area contributed by atoms with E-state index in [1.165, 1.54) is 17.0 Å². The van der Waals surface area contributed by atoms with Gasteiger partial charge in [-0.3, -0.25) is 9.59 Å². The summed E-state index contributed by atoms with van der Waals surface area (Å²) in [6.45, 7) is 4.54. The van der Waals surface area contributed by atoms with Crippen molar-refractivity contribution in [3.8, 4) is 5.75 Å². The Labute approximate surface area is 248 Å². The Morgan fingerprint density at radius 1 is 1.09 bits per heavy atom. The second-order valence-corrected chi connectivity index (χ2v) is 12.9. The molecule has 2 amide bonds. The van der Waals surface area contributed by atoms with Crippen LogP contribution in [-0.4, -0.2) is 64.9 Å². The maximum atomic E-state index is 14.2. The van der Waals surface area contributed by atoms with Gasteiger partial charge in [0.05, 0.1) is 24.1 Å².